The molecule has 3 nitrogen and oxygen atoms in total. The molecule has 0 spiro atoms. The highest BCUT2D eigenvalue weighted by Gasteiger charge is 2.08. The second kappa shape index (κ2) is 6.18. The molecule has 1 aromatic carbocycles. The van der Waals surface area contributed by atoms with Crippen molar-refractivity contribution in [1.29, 1.82) is 0 Å². The van der Waals surface area contributed by atoms with E-state index in [0.717, 1.165) is 21.3 Å². The fraction of sp³-hybridized carbons (Fsp3) is 0.154. The Kier molecular flexibility index (Phi) is 4.58. The maximum absolute atomic E-state index is 6.03. The number of halogens is 2. The van der Waals surface area contributed by atoms with Crippen LogP contribution in [0.5, 0.6) is 5.75 Å². The molecule has 0 fully saturated rings. The van der Waals surface area contributed by atoms with Gasteiger partial charge in [0.15, 0.2) is 0 Å². The average Bonchev–Trinajstić information content (AvgIpc) is 2.39. The number of nitrogens with zero attached hydrogens (tertiary/aromatic N) is 1. The van der Waals surface area contributed by atoms with E-state index in [1.54, 1.807) is 12.4 Å². The first-order valence-electron chi connectivity index (χ1n) is 5.41. The summed E-state index contributed by atoms with van der Waals surface area (Å²) < 4.78 is 6.67. The largest absolute Gasteiger partial charge is 0.487 e. The van der Waals surface area contributed by atoms with E-state index in [-0.39, 0.29) is 0 Å². The molecular formula is C13H12BrClN2O. The van der Waals surface area contributed by atoms with Crippen molar-refractivity contribution in [1.82, 2.24) is 4.98 Å². The molecule has 0 aliphatic heterocycles. The smallest absolute Gasteiger partial charge is 0.138 e. The third-order valence-electron chi connectivity index (χ3n) is 2.50. The number of hydrogen-bond donors (Lipinski definition) is 1. The van der Waals surface area contributed by atoms with E-state index in [2.05, 4.69) is 20.9 Å². The third-order valence-corrected chi connectivity index (χ3v) is 3.46. The molecule has 0 saturated carbocycles. The molecule has 0 aliphatic carbocycles. The van der Waals surface area contributed by atoms with Crippen molar-refractivity contribution < 1.29 is 4.74 Å². The number of ether oxygens (including phenoxy) is 1. The van der Waals surface area contributed by atoms with E-state index in [1.807, 2.05) is 24.3 Å². The van der Waals surface area contributed by atoms with E-state index in [9.17, 15) is 0 Å². The normalized spacial score (nSPS) is 10.4. The third kappa shape index (κ3) is 3.02. The summed E-state index contributed by atoms with van der Waals surface area (Å²) >= 11 is 9.48. The first kappa shape index (κ1) is 13.3. The van der Waals surface area contributed by atoms with Crippen molar-refractivity contribution in [3.05, 3.63) is 57.3 Å². The SMILES string of the molecule is NCc1cccc(Br)c1OCc1ccncc1Cl. The summed E-state index contributed by atoms with van der Waals surface area (Å²) in [4.78, 5) is 3.93. The first-order chi connectivity index (χ1) is 8.72. The summed E-state index contributed by atoms with van der Waals surface area (Å²) in [6, 6.07) is 7.62. The van der Waals surface area contributed by atoms with Gasteiger partial charge in [-0.3, -0.25) is 4.98 Å². The van der Waals surface area contributed by atoms with Crippen LogP contribution in [0.25, 0.3) is 0 Å². The zero-order chi connectivity index (χ0) is 13.0. The predicted molar refractivity (Wildman–Crippen MR) is 75.6 cm³/mol. The van der Waals surface area contributed by atoms with Gasteiger partial charge in [0.2, 0.25) is 0 Å². The van der Waals surface area contributed by atoms with Gasteiger partial charge in [0, 0.05) is 30.1 Å². The minimum absolute atomic E-state index is 0.386. The van der Waals surface area contributed by atoms with Gasteiger partial charge in [-0.2, -0.15) is 0 Å². The molecule has 0 unspecified atom stereocenters. The van der Waals surface area contributed by atoms with Crippen LogP contribution in [0.15, 0.2) is 41.1 Å². The maximum Gasteiger partial charge on any atom is 0.138 e. The van der Waals surface area contributed by atoms with Crippen LogP contribution >= 0.6 is 27.5 Å². The predicted octanol–water partition coefficient (Wildman–Crippen LogP) is 3.54. The van der Waals surface area contributed by atoms with Crippen molar-refractivity contribution in [3.63, 3.8) is 0 Å². The van der Waals surface area contributed by atoms with Crippen LogP contribution < -0.4 is 10.5 Å². The van der Waals surface area contributed by atoms with Gasteiger partial charge in [-0.05, 0) is 28.1 Å². The number of benzene rings is 1. The quantitative estimate of drug-likeness (QED) is 0.934. The van der Waals surface area contributed by atoms with E-state index in [1.165, 1.54) is 0 Å². The fourth-order valence-corrected chi connectivity index (χ4v) is 2.24. The molecule has 0 aliphatic rings. The number of rotatable bonds is 4. The Bertz CT molecular complexity index is 548. The molecule has 1 aromatic heterocycles. The summed E-state index contributed by atoms with van der Waals surface area (Å²) in [7, 11) is 0. The lowest BCUT2D eigenvalue weighted by molar-refractivity contribution is 0.301. The fourth-order valence-electron chi connectivity index (χ4n) is 1.55. The molecule has 0 radical (unpaired) electrons. The highest BCUT2D eigenvalue weighted by atomic mass is 79.9. The Labute approximate surface area is 119 Å². The van der Waals surface area contributed by atoms with E-state index < -0.39 is 0 Å². The monoisotopic (exact) mass is 326 g/mol. The molecule has 0 bridgehead atoms. The van der Waals surface area contributed by atoms with Gasteiger partial charge in [-0.15, -0.1) is 0 Å². The highest BCUT2D eigenvalue weighted by molar-refractivity contribution is 9.10. The molecule has 5 heteroatoms. The summed E-state index contributed by atoms with van der Waals surface area (Å²) in [5, 5.41) is 0.596. The lowest BCUT2D eigenvalue weighted by Gasteiger charge is -2.12. The molecule has 0 saturated heterocycles. The number of hydrogen-bond acceptors (Lipinski definition) is 3. The minimum atomic E-state index is 0.386. The Balaban J connectivity index is 2.18. The van der Waals surface area contributed by atoms with E-state index in [0.29, 0.717) is 18.2 Å². The van der Waals surface area contributed by atoms with E-state index in [4.69, 9.17) is 22.1 Å². The standard InChI is InChI=1S/C13H12BrClN2O/c14-11-3-1-2-9(6-16)13(11)18-8-10-4-5-17-7-12(10)15/h1-5,7H,6,8,16H2. The summed E-state index contributed by atoms with van der Waals surface area (Å²) in [5.74, 6) is 0.757. The van der Waals surface area contributed by atoms with Crippen LogP contribution in [-0.2, 0) is 13.2 Å². The van der Waals surface area contributed by atoms with Gasteiger partial charge in [0.05, 0.1) is 9.50 Å². The van der Waals surface area contributed by atoms with Crippen LogP contribution in [0, 0.1) is 0 Å². The molecule has 1 heterocycles. The Hall–Kier alpha value is -1.10. The maximum atomic E-state index is 6.03. The van der Waals surface area contributed by atoms with Gasteiger partial charge in [0.1, 0.15) is 12.4 Å². The van der Waals surface area contributed by atoms with Gasteiger partial charge in [-0.25, -0.2) is 0 Å². The van der Waals surface area contributed by atoms with Crippen LogP contribution in [0.4, 0.5) is 0 Å². The second-order valence-corrected chi connectivity index (χ2v) is 4.95. The molecule has 2 aromatic rings. The molecule has 18 heavy (non-hydrogen) atoms. The van der Waals surface area contributed by atoms with Crippen molar-refractivity contribution in [2.24, 2.45) is 5.73 Å². The van der Waals surface area contributed by atoms with Gasteiger partial charge >= 0.3 is 0 Å². The van der Waals surface area contributed by atoms with Crippen molar-refractivity contribution in [2.75, 3.05) is 0 Å². The van der Waals surface area contributed by atoms with Crippen molar-refractivity contribution in [2.45, 2.75) is 13.2 Å². The molecule has 2 N–H and O–H groups in total. The van der Waals surface area contributed by atoms with Gasteiger partial charge in [0.25, 0.3) is 0 Å². The molecule has 0 atom stereocenters. The zero-order valence-electron chi connectivity index (χ0n) is 9.57. The average molecular weight is 328 g/mol. The summed E-state index contributed by atoms with van der Waals surface area (Å²) in [6.45, 7) is 0.815. The summed E-state index contributed by atoms with van der Waals surface area (Å²) in [6.07, 6.45) is 3.29. The Morgan fingerprint density at radius 2 is 2.11 bits per heavy atom. The topological polar surface area (TPSA) is 48.1 Å². The molecule has 0 amide bonds. The molecule has 2 rings (SSSR count). The second-order valence-electron chi connectivity index (χ2n) is 3.69. The lowest BCUT2D eigenvalue weighted by atomic mass is 10.2. The number of nitrogens with two attached hydrogens (primary N) is 1. The highest BCUT2D eigenvalue weighted by Crippen LogP contribution is 2.30. The Morgan fingerprint density at radius 3 is 2.83 bits per heavy atom. The van der Waals surface area contributed by atoms with Gasteiger partial charge in [-0.1, -0.05) is 23.7 Å². The van der Waals surface area contributed by atoms with Crippen LogP contribution in [0.3, 0.4) is 0 Å². The minimum Gasteiger partial charge on any atom is -0.487 e. The zero-order valence-corrected chi connectivity index (χ0v) is 11.9. The van der Waals surface area contributed by atoms with Crippen LogP contribution in [0.2, 0.25) is 5.02 Å². The lowest BCUT2D eigenvalue weighted by Crippen LogP contribution is -2.03. The van der Waals surface area contributed by atoms with E-state index >= 15 is 0 Å². The molecular weight excluding hydrogens is 316 g/mol. The summed E-state index contributed by atoms with van der Waals surface area (Å²) in [5.41, 5.74) is 7.53. The first-order valence-corrected chi connectivity index (χ1v) is 6.58. The van der Waals surface area contributed by atoms with Crippen LogP contribution in [0.1, 0.15) is 11.1 Å². The Morgan fingerprint density at radius 1 is 1.28 bits per heavy atom. The number of pyridine rings is 1. The number of para-hydroxylation sites is 1. The van der Waals surface area contributed by atoms with Crippen LogP contribution in [-0.4, -0.2) is 4.98 Å². The number of aromatic nitrogens is 1. The van der Waals surface area contributed by atoms with Gasteiger partial charge < -0.3 is 10.5 Å². The van der Waals surface area contributed by atoms with Crippen molar-refractivity contribution in [3.8, 4) is 5.75 Å². The van der Waals surface area contributed by atoms with Crippen molar-refractivity contribution >= 4 is 27.5 Å². The molecule has 94 valence electrons.